The number of amides is 2. The third kappa shape index (κ3) is 2.83. The lowest BCUT2D eigenvalue weighted by Gasteiger charge is -2.36. The minimum atomic E-state index is -0.161. The molecule has 0 radical (unpaired) electrons. The van der Waals surface area contributed by atoms with Gasteiger partial charge in [-0.1, -0.05) is 29.3 Å². The Kier molecular flexibility index (Phi) is 4.62. The van der Waals surface area contributed by atoms with Gasteiger partial charge < -0.3 is 10.2 Å². The average Bonchev–Trinajstić information content (AvgIpc) is 2.95. The van der Waals surface area contributed by atoms with E-state index < -0.39 is 0 Å². The molecule has 2 amide bonds. The molecule has 0 saturated carbocycles. The molecule has 1 aliphatic rings. The van der Waals surface area contributed by atoms with Crippen LogP contribution in [0.3, 0.4) is 0 Å². The number of hydrogen-bond donors (Lipinski definition) is 1. The summed E-state index contributed by atoms with van der Waals surface area (Å²) >= 11 is 14.1. The van der Waals surface area contributed by atoms with Gasteiger partial charge in [-0.15, -0.1) is 11.3 Å². The maximum Gasteiger partial charge on any atom is 0.318 e. The number of nitrogens with one attached hydrogen (secondary N) is 1. The van der Waals surface area contributed by atoms with Gasteiger partial charge in [0.15, 0.2) is 0 Å². The van der Waals surface area contributed by atoms with Crippen molar-refractivity contribution in [3.05, 3.63) is 55.7 Å². The highest BCUT2D eigenvalue weighted by molar-refractivity contribution is 7.10. The first-order valence-corrected chi connectivity index (χ1v) is 8.81. The van der Waals surface area contributed by atoms with Crippen LogP contribution in [0.4, 0.5) is 4.79 Å². The standard InChI is InChI=1S/C16H16Cl2N2OS/c1-2-19-16(21)20-7-5-14-12(6-8-22-14)15(20)11-4-3-10(17)9-13(11)18/h3-4,6,8-9,15H,2,5,7H2,1H3,(H,19,21). The summed E-state index contributed by atoms with van der Waals surface area (Å²) in [4.78, 5) is 15.6. The van der Waals surface area contributed by atoms with Gasteiger partial charge in [0.25, 0.3) is 0 Å². The molecule has 1 aliphatic heterocycles. The number of carbonyl (C=O) groups excluding carboxylic acids is 1. The van der Waals surface area contributed by atoms with Crippen LogP contribution < -0.4 is 5.32 Å². The van der Waals surface area contributed by atoms with Crippen molar-refractivity contribution in [3.63, 3.8) is 0 Å². The molecule has 1 aromatic heterocycles. The quantitative estimate of drug-likeness (QED) is 0.830. The Morgan fingerprint density at radius 1 is 1.36 bits per heavy atom. The molecule has 1 unspecified atom stereocenters. The van der Waals surface area contributed by atoms with Crippen LogP contribution in [0.15, 0.2) is 29.6 Å². The second-order valence-electron chi connectivity index (χ2n) is 5.15. The van der Waals surface area contributed by atoms with Crippen molar-refractivity contribution in [2.75, 3.05) is 13.1 Å². The lowest BCUT2D eigenvalue weighted by atomic mass is 9.93. The van der Waals surface area contributed by atoms with Gasteiger partial charge in [0, 0.05) is 28.0 Å². The number of halogens is 2. The van der Waals surface area contributed by atoms with E-state index in [-0.39, 0.29) is 12.1 Å². The van der Waals surface area contributed by atoms with Crippen molar-refractivity contribution in [2.24, 2.45) is 0 Å². The van der Waals surface area contributed by atoms with Crippen LogP contribution in [0.25, 0.3) is 0 Å². The van der Waals surface area contributed by atoms with E-state index in [1.165, 1.54) is 4.88 Å². The van der Waals surface area contributed by atoms with Gasteiger partial charge in [0.1, 0.15) is 0 Å². The van der Waals surface area contributed by atoms with Crippen LogP contribution in [0.1, 0.15) is 29.0 Å². The SMILES string of the molecule is CCNC(=O)N1CCc2sccc2C1c1ccc(Cl)cc1Cl. The Hall–Kier alpha value is -1.23. The molecule has 0 bridgehead atoms. The van der Waals surface area contributed by atoms with Crippen molar-refractivity contribution in [2.45, 2.75) is 19.4 Å². The van der Waals surface area contributed by atoms with E-state index in [0.29, 0.717) is 23.1 Å². The summed E-state index contributed by atoms with van der Waals surface area (Å²) < 4.78 is 0. The molecule has 0 spiro atoms. The molecule has 6 heteroatoms. The fourth-order valence-corrected chi connectivity index (χ4v) is 4.26. The van der Waals surface area contributed by atoms with Gasteiger partial charge in [0.2, 0.25) is 0 Å². The molecule has 2 heterocycles. The zero-order valence-corrected chi connectivity index (χ0v) is 14.4. The smallest absolute Gasteiger partial charge is 0.318 e. The monoisotopic (exact) mass is 354 g/mol. The highest BCUT2D eigenvalue weighted by Gasteiger charge is 2.33. The summed E-state index contributed by atoms with van der Waals surface area (Å²) in [6.45, 7) is 3.21. The number of urea groups is 1. The fourth-order valence-electron chi connectivity index (χ4n) is 2.85. The van der Waals surface area contributed by atoms with Gasteiger partial charge in [-0.3, -0.25) is 0 Å². The molecular formula is C16H16Cl2N2OS. The normalized spacial score (nSPS) is 17.2. The van der Waals surface area contributed by atoms with Crippen LogP contribution in [-0.4, -0.2) is 24.0 Å². The van der Waals surface area contributed by atoms with Gasteiger partial charge in [-0.05, 0) is 48.1 Å². The Balaban J connectivity index is 2.07. The molecule has 0 saturated heterocycles. The molecular weight excluding hydrogens is 339 g/mol. The number of benzene rings is 1. The van der Waals surface area contributed by atoms with Crippen molar-refractivity contribution in [1.82, 2.24) is 10.2 Å². The van der Waals surface area contributed by atoms with Gasteiger partial charge in [-0.2, -0.15) is 0 Å². The van der Waals surface area contributed by atoms with Crippen LogP contribution in [0, 0.1) is 0 Å². The number of nitrogens with zero attached hydrogens (tertiary/aromatic N) is 1. The summed E-state index contributed by atoms with van der Waals surface area (Å²) in [5, 5.41) is 6.15. The van der Waals surface area contributed by atoms with E-state index in [9.17, 15) is 4.79 Å². The third-order valence-electron chi connectivity index (χ3n) is 3.81. The summed E-state index contributed by atoms with van der Waals surface area (Å²) in [5.41, 5.74) is 2.07. The molecule has 1 aromatic carbocycles. The van der Waals surface area contributed by atoms with Crippen molar-refractivity contribution < 1.29 is 4.79 Å². The second kappa shape index (κ2) is 6.49. The predicted molar refractivity (Wildman–Crippen MR) is 92.1 cm³/mol. The van der Waals surface area contributed by atoms with E-state index in [0.717, 1.165) is 17.5 Å². The highest BCUT2D eigenvalue weighted by Crippen LogP contribution is 2.40. The summed E-state index contributed by atoms with van der Waals surface area (Å²) in [6.07, 6.45) is 0.881. The Bertz CT molecular complexity index is 701. The molecule has 116 valence electrons. The minimum absolute atomic E-state index is 0.0598. The number of hydrogen-bond acceptors (Lipinski definition) is 2. The van der Waals surface area contributed by atoms with E-state index in [2.05, 4.69) is 16.8 Å². The van der Waals surface area contributed by atoms with Crippen molar-refractivity contribution >= 4 is 40.6 Å². The summed E-state index contributed by atoms with van der Waals surface area (Å²) in [6, 6.07) is 7.32. The van der Waals surface area contributed by atoms with Crippen LogP contribution >= 0.6 is 34.5 Å². The number of rotatable bonds is 2. The fraction of sp³-hybridized carbons (Fsp3) is 0.312. The van der Waals surface area contributed by atoms with Gasteiger partial charge >= 0.3 is 6.03 Å². The molecule has 0 fully saturated rings. The summed E-state index contributed by atoms with van der Waals surface area (Å²) in [5.74, 6) is 0. The zero-order valence-electron chi connectivity index (χ0n) is 12.1. The van der Waals surface area contributed by atoms with Crippen LogP contribution in [-0.2, 0) is 6.42 Å². The molecule has 0 aliphatic carbocycles. The number of fused-ring (bicyclic) bond motifs is 1. The molecule has 22 heavy (non-hydrogen) atoms. The molecule has 3 rings (SSSR count). The van der Waals surface area contributed by atoms with Gasteiger partial charge in [-0.25, -0.2) is 4.79 Å². The maximum atomic E-state index is 12.4. The first-order chi connectivity index (χ1) is 10.6. The molecule has 3 nitrogen and oxygen atoms in total. The lowest BCUT2D eigenvalue weighted by Crippen LogP contribution is -2.45. The highest BCUT2D eigenvalue weighted by atomic mass is 35.5. The molecule has 1 atom stereocenters. The summed E-state index contributed by atoms with van der Waals surface area (Å²) in [7, 11) is 0. The van der Waals surface area contributed by atoms with E-state index in [4.69, 9.17) is 23.2 Å². The minimum Gasteiger partial charge on any atom is -0.338 e. The van der Waals surface area contributed by atoms with Crippen molar-refractivity contribution in [1.29, 1.82) is 0 Å². The third-order valence-corrected chi connectivity index (χ3v) is 5.37. The van der Waals surface area contributed by atoms with E-state index in [1.807, 2.05) is 24.0 Å². The van der Waals surface area contributed by atoms with Crippen LogP contribution in [0.5, 0.6) is 0 Å². The van der Waals surface area contributed by atoms with E-state index in [1.54, 1.807) is 17.4 Å². The zero-order chi connectivity index (χ0) is 15.7. The van der Waals surface area contributed by atoms with Gasteiger partial charge in [0.05, 0.1) is 6.04 Å². The first kappa shape index (κ1) is 15.7. The second-order valence-corrected chi connectivity index (χ2v) is 6.99. The average molecular weight is 355 g/mol. The Morgan fingerprint density at radius 2 is 2.18 bits per heavy atom. The first-order valence-electron chi connectivity index (χ1n) is 7.17. The molecule has 1 N–H and O–H groups in total. The Labute approximate surface area is 143 Å². The van der Waals surface area contributed by atoms with E-state index >= 15 is 0 Å². The topological polar surface area (TPSA) is 32.3 Å². The van der Waals surface area contributed by atoms with Crippen LogP contribution in [0.2, 0.25) is 10.0 Å². The largest absolute Gasteiger partial charge is 0.338 e. The predicted octanol–water partition coefficient (Wildman–Crippen LogP) is 4.73. The maximum absolute atomic E-state index is 12.4. The molecule has 2 aromatic rings. The number of thiophene rings is 1. The van der Waals surface area contributed by atoms with Crippen molar-refractivity contribution in [3.8, 4) is 0 Å². The lowest BCUT2D eigenvalue weighted by molar-refractivity contribution is 0.181. The number of carbonyl (C=O) groups is 1. The Morgan fingerprint density at radius 3 is 2.91 bits per heavy atom.